The van der Waals surface area contributed by atoms with Gasteiger partial charge in [0, 0.05) is 11.6 Å². The fraction of sp³-hybridized carbons (Fsp3) is 0.345. The summed E-state index contributed by atoms with van der Waals surface area (Å²) in [5, 5.41) is 10.7. The van der Waals surface area contributed by atoms with Gasteiger partial charge in [0.15, 0.2) is 5.82 Å². The quantitative estimate of drug-likeness (QED) is 0.223. The first-order valence-corrected chi connectivity index (χ1v) is 14.0. The Balaban J connectivity index is 1.01. The van der Waals surface area contributed by atoms with E-state index in [1.807, 2.05) is 47.5 Å². The fourth-order valence-electron chi connectivity index (χ4n) is 5.62. The number of hydrogen-bond acceptors (Lipinski definition) is 6. The number of anilines is 1. The Kier molecular flexibility index (Phi) is 7.61. The minimum atomic E-state index is 0.159. The highest BCUT2D eigenvalue weighted by Gasteiger charge is 2.42. The first-order valence-electron chi connectivity index (χ1n) is 13.6. The van der Waals surface area contributed by atoms with Crippen LogP contribution in [0.3, 0.4) is 0 Å². The number of benzene rings is 2. The number of aromatic nitrogens is 4. The van der Waals surface area contributed by atoms with Crippen molar-refractivity contribution in [2.75, 3.05) is 31.6 Å². The SMILES string of the molecule is O=[N+](Nc1ccc(-n2nccn2)nc1)N1CCCC2(CCN(Cc3cccc(Oc4ccc(Cl)cc4)c3)CC2)C1. The Bertz CT molecular complexity index is 1420. The largest absolute Gasteiger partial charge is 0.457 e. The lowest BCUT2D eigenvalue weighted by Gasteiger charge is -2.44. The van der Waals surface area contributed by atoms with E-state index >= 15 is 0 Å². The van der Waals surface area contributed by atoms with Crippen LogP contribution in [0.2, 0.25) is 5.02 Å². The Hall–Kier alpha value is -4.02. The van der Waals surface area contributed by atoms with Crippen LogP contribution in [0.15, 0.2) is 79.3 Å². The number of hydrazine groups is 2. The minimum absolute atomic E-state index is 0.159. The van der Waals surface area contributed by atoms with Gasteiger partial charge < -0.3 is 4.74 Å². The molecule has 0 atom stereocenters. The molecule has 2 fully saturated rings. The Morgan fingerprint density at radius 2 is 1.75 bits per heavy atom. The number of rotatable bonds is 8. The zero-order valence-electron chi connectivity index (χ0n) is 22.2. The van der Waals surface area contributed by atoms with Gasteiger partial charge in [-0.3, -0.25) is 4.90 Å². The van der Waals surface area contributed by atoms with E-state index in [0.29, 0.717) is 16.5 Å². The van der Waals surface area contributed by atoms with E-state index in [0.717, 1.165) is 74.9 Å². The smallest absolute Gasteiger partial charge is 0.253 e. The highest BCUT2D eigenvalue weighted by atomic mass is 35.5. The van der Waals surface area contributed by atoms with Crippen molar-refractivity contribution in [1.82, 2.24) is 29.9 Å². The number of likely N-dealkylation sites (tertiary alicyclic amines) is 1. The Labute approximate surface area is 238 Å². The third-order valence-electron chi connectivity index (χ3n) is 7.77. The van der Waals surface area contributed by atoms with Gasteiger partial charge in [-0.2, -0.15) is 10.2 Å². The molecule has 0 aliphatic carbocycles. The molecule has 0 bridgehead atoms. The number of nitroso groups, excluding NO2 is 1. The zero-order valence-corrected chi connectivity index (χ0v) is 23.0. The molecule has 40 heavy (non-hydrogen) atoms. The molecule has 2 aromatic heterocycles. The number of halogens is 1. The number of ether oxygens (including phenoxy) is 1. The molecule has 0 unspecified atom stereocenters. The molecule has 2 saturated heterocycles. The van der Waals surface area contributed by atoms with Crippen LogP contribution in [0.1, 0.15) is 31.2 Å². The Morgan fingerprint density at radius 3 is 2.50 bits per heavy atom. The molecule has 6 rings (SSSR count). The molecule has 2 aliphatic rings. The minimum Gasteiger partial charge on any atom is -0.457 e. The van der Waals surface area contributed by atoms with Gasteiger partial charge in [-0.1, -0.05) is 29.2 Å². The standard InChI is InChI=1S/C29H32ClN8O2/c30-24-5-8-26(9-6-24)40-27-4-1-3-23(19-27)21-35-17-12-29(13-18-35)11-2-16-36(22-29)38(39)34-25-7-10-28(31-20-25)37-32-14-15-33-37/h1,3-10,14-15,19-20H,2,11-13,16-18,21-22H2,(H,34,39)/q+1. The monoisotopic (exact) mass is 559 g/mol. The van der Waals surface area contributed by atoms with Gasteiger partial charge in [-0.05, 0) is 98.3 Å². The van der Waals surface area contributed by atoms with Crippen molar-refractivity contribution in [2.45, 2.75) is 32.2 Å². The lowest BCUT2D eigenvalue weighted by atomic mass is 9.73. The van der Waals surface area contributed by atoms with Crippen LogP contribution in [0.25, 0.3) is 5.82 Å². The number of pyridine rings is 1. The molecule has 11 heteroatoms. The maximum absolute atomic E-state index is 13.0. The van der Waals surface area contributed by atoms with Crippen molar-refractivity contribution in [2.24, 2.45) is 5.41 Å². The molecule has 4 aromatic rings. The highest BCUT2D eigenvalue weighted by molar-refractivity contribution is 6.30. The second kappa shape index (κ2) is 11.6. The third-order valence-corrected chi connectivity index (χ3v) is 8.02. The second-order valence-electron chi connectivity index (χ2n) is 10.6. The van der Waals surface area contributed by atoms with Gasteiger partial charge in [-0.15, -0.1) is 9.81 Å². The molecule has 206 valence electrons. The average molecular weight is 560 g/mol. The van der Waals surface area contributed by atoms with Crippen LogP contribution in [0, 0.1) is 10.3 Å². The van der Waals surface area contributed by atoms with Gasteiger partial charge in [-0.25, -0.2) is 4.98 Å². The maximum atomic E-state index is 13.0. The summed E-state index contributed by atoms with van der Waals surface area (Å²) in [6, 6.07) is 19.3. The highest BCUT2D eigenvalue weighted by Crippen LogP contribution is 2.40. The van der Waals surface area contributed by atoms with Crippen molar-refractivity contribution in [3.63, 3.8) is 0 Å². The molecule has 2 aromatic carbocycles. The number of piperidine rings is 2. The normalized spacial score (nSPS) is 17.1. The number of nitrogens with one attached hydrogen (secondary N) is 1. The van der Waals surface area contributed by atoms with Crippen LogP contribution in [0.5, 0.6) is 11.5 Å². The summed E-state index contributed by atoms with van der Waals surface area (Å²) in [6.07, 6.45) is 9.13. The summed E-state index contributed by atoms with van der Waals surface area (Å²) in [5.74, 6) is 2.18. The van der Waals surface area contributed by atoms with Crippen LogP contribution < -0.4 is 10.2 Å². The van der Waals surface area contributed by atoms with Gasteiger partial charge in [0.05, 0.1) is 36.6 Å². The lowest BCUT2D eigenvalue weighted by Crippen LogP contribution is -2.52. The van der Waals surface area contributed by atoms with Gasteiger partial charge in [0.2, 0.25) is 0 Å². The van der Waals surface area contributed by atoms with E-state index in [9.17, 15) is 4.91 Å². The summed E-state index contributed by atoms with van der Waals surface area (Å²) in [7, 11) is 0. The van der Waals surface area contributed by atoms with Gasteiger partial charge >= 0.3 is 0 Å². The van der Waals surface area contributed by atoms with E-state index in [-0.39, 0.29) is 5.41 Å². The number of hydrogen-bond donors (Lipinski definition) is 1. The van der Waals surface area contributed by atoms with Gasteiger partial charge in [0.25, 0.3) is 4.98 Å². The lowest BCUT2D eigenvalue weighted by molar-refractivity contribution is -0.690. The van der Waals surface area contributed by atoms with Crippen LogP contribution in [-0.4, -0.2) is 61.0 Å². The van der Waals surface area contributed by atoms with E-state index in [4.69, 9.17) is 16.3 Å². The second-order valence-corrected chi connectivity index (χ2v) is 11.0. The summed E-state index contributed by atoms with van der Waals surface area (Å²) in [4.78, 5) is 22.2. The zero-order chi connectivity index (χ0) is 27.4. The molecule has 10 nitrogen and oxygen atoms in total. The molecular weight excluding hydrogens is 528 g/mol. The van der Waals surface area contributed by atoms with Crippen LogP contribution in [-0.2, 0) is 6.54 Å². The van der Waals surface area contributed by atoms with Gasteiger partial charge in [0.1, 0.15) is 17.2 Å². The first kappa shape index (κ1) is 26.2. The third kappa shape index (κ3) is 6.24. The average Bonchev–Trinajstić information content (AvgIpc) is 3.52. The molecule has 1 N–H and O–H groups in total. The van der Waals surface area contributed by atoms with Crippen molar-refractivity contribution in [3.8, 4) is 17.3 Å². The van der Waals surface area contributed by atoms with Crippen molar-refractivity contribution < 1.29 is 9.71 Å². The van der Waals surface area contributed by atoms with Crippen LogP contribution >= 0.6 is 11.6 Å². The van der Waals surface area contributed by atoms with Crippen LogP contribution in [0.4, 0.5) is 5.69 Å². The summed E-state index contributed by atoms with van der Waals surface area (Å²) < 4.78 is 6.02. The van der Waals surface area contributed by atoms with E-state index < -0.39 is 0 Å². The summed E-state index contributed by atoms with van der Waals surface area (Å²) in [5.41, 5.74) is 4.95. The fourth-order valence-corrected chi connectivity index (χ4v) is 5.75. The Morgan fingerprint density at radius 1 is 0.950 bits per heavy atom. The van der Waals surface area contributed by atoms with E-state index in [1.54, 1.807) is 24.7 Å². The molecule has 1 spiro atoms. The topological polar surface area (TPSA) is 91.4 Å². The summed E-state index contributed by atoms with van der Waals surface area (Å²) >= 11 is 5.99. The molecule has 4 heterocycles. The summed E-state index contributed by atoms with van der Waals surface area (Å²) in [6.45, 7) is 4.39. The maximum Gasteiger partial charge on any atom is 0.253 e. The molecule has 0 amide bonds. The van der Waals surface area contributed by atoms with E-state index in [2.05, 4.69) is 37.6 Å². The number of nitrogens with zero attached hydrogens (tertiary/aromatic N) is 7. The molecule has 0 radical (unpaired) electrons. The van der Waals surface area contributed by atoms with E-state index in [1.165, 1.54) is 10.4 Å². The molecule has 2 aliphatic heterocycles. The predicted octanol–water partition coefficient (Wildman–Crippen LogP) is 5.51. The van der Waals surface area contributed by atoms with Crippen molar-refractivity contribution in [1.29, 1.82) is 0 Å². The first-order chi connectivity index (χ1) is 19.5. The van der Waals surface area contributed by atoms with Crippen molar-refractivity contribution >= 4 is 17.3 Å². The van der Waals surface area contributed by atoms with Crippen molar-refractivity contribution in [3.05, 3.63) is 94.7 Å². The predicted molar refractivity (Wildman–Crippen MR) is 152 cm³/mol. The molecular formula is C29H32ClN8O2+. The molecule has 0 saturated carbocycles.